The third-order valence-electron chi connectivity index (χ3n) is 2.19. The van der Waals surface area contributed by atoms with Crippen LogP contribution in [0.1, 0.15) is 27.2 Å². The summed E-state index contributed by atoms with van der Waals surface area (Å²) < 4.78 is 5.06. The zero-order valence-electron chi connectivity index (χ0n) is 9.45. The van der Waals surface area contributed by atoms with Gasteiger partial charge < -0.3 is 15.0 Å². The monoisotopic (exact) mass is 214 g/mol. The molecule has 1 fully saturated rings. The number of hydrogen-bond acceptors (Lipinski definition) is 3. The first-order valence-electron chi connectivity index (χ1n) is 5.21. The molecule has 1 atom stereocenters. The quantitative estimate of drug-likeness (QED) is 0.737. The lowest BCUT2D eigenvalue weighted by atomic mass is 10.3. The largest absolute Gasteiger partial charge is 0.447 e. The van der Waals surface area contributed by atoms with Gasteiger partial charge in [-0.25, -0.2) is 4.79 Å². The van der Waals surface area contributed by atoms with Crippen LogP contribution in [0.4, 0.5) is 4.79 Å². The van der Waals surface area contributed by atoms with Crippen molar-refractivity contribution in [3.05, 3.63) is 0 Å². The van der Waals surface area contributed by atoms with E-state index in [1.807, 2.05) is 13.8 Å². The number of nitrogens with one attached hydrogen (secondary N) is 1. The van der Waals surface area contributed by atoms with Gasteiger partial charge in [0.05, 0.1) is 6.10 Å². The Hall–Kier alpha value is -1.26. The van der Waals surface area contributed by atoms with E-state index in [2.05, 4.69) is 5.32 Å². The number of carbonyl (C=O) groups excluding carboxylic acids is 2. The Bertz CT molecular complexity index is 253. The molecule has 2 amide bonds. The number of carbonyl (C=O) groups is 2. The van der Waals surface area contributed by atoms with Gasteiger partial charge in [-0.1, -0.05) is 0 Å². The highest BCUT2D eigenvalue weighted by Gasteiger charge is 2.27. The van der Waals surface area contributed by atoms with E-state index in [1.54, 1.807) is 4.90 Å². The van der Waals surface area contributed by atoms with Crippen molar-refractivity contribution in [2.45, 2.75) is 39.3 Å². The van der Waals surface area contributed by atoms with Gasteiger partial charge in [-0.15, -0.1) is 0 Å². The fourth-order valence-corrected chi connectivity index (χ4v) is 1.61. The lowest BCUT2D eigenvalue weighted by Crippen LogP contribution is -2.38. The molecule has 0 aromatic carbocycles. The van der Waals surface area contributed by atoms with Crippen molar-refractivity contribution in [1.29, 1.82) is 0 Å². The summed E-state index contributed by atoms with van der Waals surface area (Å²) in [5, 5.41) is 2.79. The highest BCUT2D eigenvalue weighted by Crippen LogP contribution is 2.11. The third kappa shape index (κ3) is 3.77. The van der Waals surface area contributed by atoms with Crippen LogP contribution in [-0.4, -0.2) is 42.1 Å². The molecule has 0 aromatic rings. The van der Waals surface area contributed by atoms with Gasteiger partial charge in [0.25, 0.3) is 0 Å². The minimum absolute atomic E-state index is 0.0564. The number of ether oxygens (including phenoxy) is 1. The van der Waals surface area contributed by atoms with Crippen molar-refractivity contribution < 1.29 is 14.3 Å². The molecule has 5 heteroatoms. The average molecular weight is 214 g/mol. The Labute approximate surface area is 89.8 Å². The van der Waals surface area contributed by atoms with Crippen LogP contribution in [0, 0.1) is 0 Å². The maximum absolute atomic E-state index is 11.5. The lowest BCUT2D eigenvalue weighted by Gasteiger charge is -2.18. The summed E-state index contributed by atoms with van der Waals surface area (Å²) in [7, 11) is 0. The highest BCUT2D eigenvalue weighted by molar-refractivity contribution is 5.73. The Balaban J connectivity index is 2.35. The molecule has 0 radical (unpaired) electrons. The summed E-state index contributed by atoms with van der Waals surface area (Å²) in [4.78, 5) is 23.9. The number of hydrogen-bond donors (Lipinski definition) is 1. The normalized spacial score (nSPS) is 20.5. The van der Waals surface area contributed by atoms with Gasteiger partial charge in [-0.3, -0.25) is 4.79 Å². The van der Waals surface area contributed by atoms with Gasteiger partial charge in [0, 0.05) is 26.1 Å². The molecule has 86 valence electrons. The number of rotatable bonds is 2. The second kappa shape index (κ2) is 5.00. The Kier molecular flexibility index (Phi) is 3.94. The van der Waals surface area contributed by atoms with Gasteiger partial charge in [-0.05, 0) is 20.3 Å². The second-order valence-electron chi connectivity index (χ2n) is 4.06. The predicted molar refractivity (Wildman–Crippen MR) is 55.4 cm³/mol. The van der Waals surface area contributed by atoms with Gasteiger partial charge in [0.1, 0.15) is 0 Å². The topological polar surface area (TPSA) is 58.6 Å². The molecule has 0 bridgehead atoms. The summed E-state index contributed by atoms with van der Waals surface area (Å²) in [5.74, 6) is -0.0564. The van der Waals surface area contributed by atoms with Crippen molar-refractivity contribution >= 4 is 12.0 Å². The van der Waals surface area contributed by atoms with Crippen molar-refractivity contribution in [3.8, 4) is 0 Å². The maximum Gasteiger partial charge on any atom is 0.410 e. The molecule has 0 unspecified atom stereocenters. The first-order chi connectivity index (χ1) is 6.99. The fraction of sp³-hybridized carbons (Fsp3) is 0.800. The average Bonchev–Trinajstić information content (AvgIpc) is 2.50. The summed E-state index contributed by atoms with van der Waals surface area (Å²) in [6.07, 6.45) is 0.405. The van der Waals surface area contributed by atoms with Gasteiger partial charge in [0.15, 0.2) is 0 Å². The molecule has 15 heavy (non-hydrogen) atoms. The van der Waals surface area contributed by atoms with Crippen molar-refractivity contribution in [1.82, 2.24) is 10.2 Å². The van der Waals surface area contributed by atoms with Crippen LogP contribution in [0.15, 0.2) is 0 Å². The second-order valence-corrected chi connectivity index (χ2v) is 4.06. The van der Waals surface area contributed by atoms with Crippen molar-refractivity contribution in [2.24, 2.45) is 0 Å². The number of amides is 2. The SMILES string of the molecule is CC(=O)N[C@@H]1CCN(C(=O)OC(C)C)C1. The minimum Gasteiger partial charge on any atom is -0.447 e. The van der Waals surface area contributed by atoms with Gasteiger partial charge >= 0.3 is 6.09 Å². The Morgan fingerprint density at radius 1 is 1.47 bits per heavy atom. The molecule has 5 nitrogen and oxygen atoms in total. The zero-order chi connectivity index (χ0) is 11.4. The first kappa shape index (κ1) is 11.8. The van der Waals surface area contributed by atoms with Crippen LogP contribution in [0.5, 0.6) is 0 Å². The molecular formula is C10H18N2O3. The van der Waals surface area contributed by atoms with E-state index in [4.69, 9.17) is 4.74 Å². The zero-order valence-corrected chi connectivity index (χ0v) is 9.45. The van der Waals surface area contributed by atoms with E-state index < -0.39 is 0 Å². The molecule has 1 aliphatic rings. The molecule has 1 N–H and O–H groups in total. The molecule has 0 aromatic heterocycles. The van der Waals surface area contributed by atoms with E-state index in [1.165, 1.54) is 6.92 Å². The molecule has 1 heterocycles. The van der Waals surface area contributed by atoms with E-state index in [0.29, 0.717) is 13.1 Å². The fourth-order valence-electron chi connectivity index (χ4n) is 1.61. The standard InChI is InChI=1S/C10H18N2O3/c1-7(2)15-10(14)12-5-4-9(6-12)11-8(3)13/h7,9H,4-6H2,1-3H3,(H,11,13)/t9-/m1/s1. The van der Waals surface area contributed by atoms with Gasteiger partial charge in [0.2, 0.25) is 5.91 Å². The number of likely N-dealkylation sites (tertiary alicyclic amines) is 1. The van der Waals surface area contributed by atoms with Crippen LogP contribution in [0.3, 0.4) is 0 Å². The van der Waals surface area contributed by atoms with E-state index >= 15 is 0 Å². The lowest BCUT2D eigenvalue weighted by molar-refractivity contribution is -0.119. The molecular weight excluding hydrogens is 196 g/mol. The maximum atomic E-state index is 11.5. The number of nitrogens with zero attached hydrogens (tertiary/aromatic N) is 1. The molecule has 1 rings (SSSR count). The third-order valence-corrected chi connectivity index (χ3v) is 2.19. The predicted octanol–water partition coefficient (Wildman–Crippen LogP) is 0.742. The summed E-state index contributed by atoms with van der Waals surface area (Å²) >= 11 is 0. The van der Waals surface area contributed by atoms with E-state index in [9.17, 15) is 9.59 Å². The minimum atomic E-state index is -0.294. The molecule has 0 saturated carbocycles. The molecule has 1 aliphatic heterocycles. The van der Waals surface area contributed by atoms with E-state index in [-0.39, 0.29) is 24.1 Å². The van der Waals surface area contributed by atoms with Crippen molar-refractivity contribution in [3.63, 3.8) is 0 Å². The Morgan fingerprint density at radius 3 is 2.67 bits per heavy atom. The van der Waals surface area contributed by atoms with Crippen LogP contribution >= 0.6 is 0 Å². The van der Waals surface area contributed by atoms with Gasteiger partial charge in [-0.2, -0.15) is 0 Å². The summed E-state index contributed by atoms with van der Waals surface area (Å²) in [6, 6.07) is 0.0715. The molecule has 0 spiro atoms. The van der Waals surface area contributed by atoms with Crippen molar-refractivity contribution in [2.75, 3.05) is 13.1 Å². The van der Waals surface area contributed by atoms with Crippen LogP contribution in [-0.2, 0) is 9.53 Å². The first-order valence-corrected chi connectivity index (χ1v) is 5.21. The summed E-state index contributed by atoms with van der Waals surface area (Å²) in [5.41, 5.74) is 0. The Morgan fingerprint density at radius 2 is 2.13 bits per heavy atom. The van der Waals surface area contributed by atoms with Crippen LogP contribution in [0.25, 0.3) is 0 Å². The highest BCUT2D eigenvalue weighted by atomic mass is 16.6. The van der Waals surface area contributed by atoms with Crippen LogP contribution < -0.4 is 5.32 Å². The molecule has 1 saturated heterocycles. The van der Waals surface area contributed by atoms with E-state index in [0.717, 1.165) is 6.42 Å². The summed E-state index contributed by atoms with van der Waals surface area (Å²) in [6.45, 7) is 6.31. The van der Waals surface area contributed by atoms with Crippen LogP contribution in [0.2, 0.25) is 0 Å². The smallest absolute Gasteiger partial charge is 0.410 e. The molecule has 0 aliphatic carbocycles.